The fourth-order valence-electron chi connectivity index (χ4n) is 3.96. The highest BCUT2D eigenvalue weighted by Crippen LogP contribution is 2.27. The Hall–Kier alpha value is -4.45. The average Bonchev–Trinajstić information content (AvgIpc) is 2.97. The number of non-ortho nitro benzene ring substituents is 1. The van der Waals surface area contributed by atoms with Gasteiger partial charge >= 0.3 is 0 Å². The van der Waals surface area contributed by atoms with Crippen LogP contribution >= 0.6 is 0 Å². The standard InChI is InChI=1S/C28H32N4O7S/c1-4-16-29-28(34)21(2)30(19-22-10-8-13-25(17-22)39-3)27(33)20-31(23-11-9-12-24(18-23)32(35)36)40(37,38)26-14-6-5-7-15-26/h5-15,17-18,21H,4,16,19-20H2,1-3H3,(H,29,34)/t21-/m0/s1. The molecule has 0 heterocycles. The van der Waals surface area contributed by atoms with Crippen LogP contribution in [0.1, 0.15) is 25.8 Å². The summed E-state index contributed by atoms with van der Waals surface area (Å²) in [5, 5.41) is 14.2. The second-order valence-corrected chi connectivity index (χ2v) is 10.8. The van der Waals surface area contributed by atoms with Gasteiger partial charge < -0.3 is 15.0 Å². The van der Waals surface area contributed by atoms with Gasteiger partial charge in [0.1, 0.15) is 18.3 Å². The molecule has 0 unspecified atom stereocenters. The highest BCUT2D eigenvalue weighted by molar-refractivity contribution is 7.92. The maximum Gasteiger partial charge on any atom is 0.271 e. The number of carbonyl (C=O) groups excluding carboxylic acids is 2. The summed E-state index contributed by atoms with van der Waals surface area (Å²) in [6, 6.07) is 18.5. The van der Waals surface area contributed by atoms with Gasteiger partial charge in [-0.05, 0) is 49.2 Å². The van der Waals surface area contributed by atoms with E-state index in [9.17, 15) is 28.1 Å². The molecule has 1 atom stereocenters. The number of nitrogens with one attached hydrogen (secondary N) is 1. The molecule has 0 fully saturated rings. The number of amides is 2. The molecule has 3 aromatic rings. The summed E-state index contributed by atoms with van der Waals surface area (Å²) in [5.41, 5.74) is 0.269. The molecule has 212 valence electrons. The van der Waals surface area contributed by atoms with Crippen molar-refractivity contribution >= 4 is 33.2 Å². The number of nitro benzene ring substituents is 1. The summed E-state index contributed by atoms with van der Waals surface area (Å²) < 4.78 is 33.6. The van der Waals surface area contributed by atoms with Crippen molar-refractivity contribution in [3.63, 3.8) is 0 Å². The summed E-state index contributed by atoms with van der Waals surface area (Å²) in [5.74, 6) is -0.517. The number of hydrogen-bond acceptors (Lipinski definition) is 7. The van der Waals surface area contributed by atoms with E-state index in [0.717, 1.165) is 10.4 Å². The van der Waals surface area contributed by atoms with E-state index < -0.39 is 39.3 Å². The second-order valence-electron chi connectivity index (χ2n) is 8.94. The number of nitro groups is 1. The molecule has 0 spiro atoms. The molecule has 2 amide bonds. The van der Waals surface area contributed by atoms with Gasteiger partial charge in [-0.2, -0.15) is 0 Å². The highest BCUT2D eigenvalue weighted by Gasteiger charge is 2.33. The molecule has 0 bridgehead atoms. The molecule has 11 nitrogen and oxygen atoms in total. The van der Waals surface area contributed by atoms with Crippen molar-refractivity contribution in [2.75, 3.05) is 24.5 Å². The Morgan fingerprint density at radius 1 is 1.02 bits per heavy atom. The topological polar surface area (TPSA) is 139 Å². The Kier molecular flexibility index (Phi) is 10.2. The van der Waals surface area contributed by atoms with Crippen LogP contribution in [0.2, 0.25) is 0 Å². The maximum atomic E-state index is 13.9. The molecule has 0 aliphatic carbocycles. The summed E-state index contributed by atoms with van der Waals surface area (Å²) in [6.45, 7) is 3.16. The van der Waals surface area contributed by atoms with Crippen LogP contribution in [0, 0.1) is 10.1 Å². The van der Waals surface area contributed by atoms with E-state index in [1.165, 1.54) is 54.5 Å². The Bertz CT molecular complexity index is 1450. The lowest BCUT2D eigenvalue weighted by Crippen LogP contribution is -2.51. The van der Waals surface area contributed by atoms with E-state index in [1.54, 1.807) is 37.3 Å². The molecule has 0 aromatic heterocycles. The Labute approximate surface area is 233 Å². The molecular weight excluding hydrogens is 536 g/mol. The Balaban J connectivity index is 2.06. The fraction of sp³-hybridized carbons (Fsp3) is 0.286. The maximum absolute atomic E-state index is 13.9. The zero-order chi connectivity index (χ0) is 29.3. The van der Waals surface area contributed by atoms with Crippen molar-refractivity contribution in [2.45, 2.75) is 37.8 Å². The van der Waals surface area contributed by atoms with Gasteiger partial charge in [0.15, 0.2) is 0 Å². The summed E-state index contributed by atoms with van der Waals surface area (Å²) in [7, 11) is -2.82. The van der Waals surface area contributed by atoms with Gasteiger partial charge in [-0.1, -0.05) is 43.3 Å². The molecule has 0 aliphatic rings. The van der Waals surface area contributed by atoms with Crippen molar-refractivity contribution in [3.8, 4) is 5.75 Å². The summed E-state index contributed by atoms with van der Waals surface area (Å²) in [6.07, 6.45) is 0.693. The van der Waals surface area contributed by atoms with Crippen LogP contribution in [0.3, 0.4) is 0 Å². The third kappa shape index (κ3) is 7.35. The molecule has 3 aromatic carbocycles. The van der Waals surface area contributed by atoms with Gasteiger partial charge in [0.2, 0.25) is 11.8 Å². The number of carbonyl (C=O) groups is 2. The van der Waals surface area contributed by atoms with Crippen LogP contribution in [0.5, 0.6) is 5.75 Å². The third-order valence-electron chi connectivity index (χ3n) is 6.14. The SMILES string of the molecule is CCCNC(=O)[C@H](C)N(Cc1cccc(OC)c1)C(=O)CN(c1cccc([N+](=O)[O-])c1)S(=O)(=O)c1ccccc1. The smallest absolute Gasteiger partial charge is 0.271 e. The summed E-state index contributed by atoms with van der Waals surface area (Å²) >= 11 is 0. The second kappa shape index (κ2) is 13.6. The van der Waals surface area contributed by atoms with Crippen molar-refractivity contribution in [2.24, 2.45) is 0 Å². The lowest BCUT2D eigenvalue weighted by Gasteiger charge is -2.32. The third-order valence-corrected chi connectivity index (χ3v) is 7.93. The molecule has 0 saturated carbocycles. The minimum absolute atomic E-state index is 0.00902. The average molecular weight is 569 g/mol. The lowest BCUT2D eigenvalue weighted by molar-refractivity contribution is -0.384. The number of methoxy groups -OCH3 is 1. The van der Waals surface area contributed by atoms with Crippen LogP contribution in [-0.2, 0) is 26.2 Å². The van der Waals surface area contributed by atoms with Crippen molar-refractivity contribution in [1.29, 1.82) is 0 Å². The minimum atomic E-state index is -4.33. The molecule has 0 saturated heterocycles. The largest absolute Gasteiger partial charge is 0.497 e. The van der Waals surface area contributed by atoms with Gasteiger partial charge in [0.05, 0.1) is 22.6 Å². The van der Waals surface area contributed by atoms with Crippen molar-refractivity contribution in [3.05, 3.63) is 94.5 Å². The normalized spacial score (nSPS) is 11.8. The fourth-order valence-corrected chi connectivity index (χ4v) is 5.38. The number of hydrogen-bond donors (Lipinski definition) is 1. The zero-order valence-corrected chi connectivity index (χ0v) is 23.3. The van der Waals surface area contributed by atoms with Gasteiger partial charge in [-0.25, -0.2) is 8.42 Å². The van der Waals surface area contributed by atoms with E-state index in [1.807, 2.05) is 6.92 Å². The van der Waals surface area contributed by atoms with Crippen LogP contribution in [0.4, 0.5) is 11.4 Å². The van der Waals surface area contributed by atoms with Crippen molar-refractivity contribution in [1.82, 2.24) is 10.2 Å². The highest BCUT2D eigenvalue weighted by atomic mass is 32.2. The van der Waals surface area contributed by atoms with Crippen LogP contribution in [0.15, 0.2) is 83.8 Å². The number of ether oxygens (including phenoxy) is 1. The predicted molar refractivity (Wildman–Crippen MR) is 150 cm³/mol. The number of sulfonamides is 1. The number of rotatable bonds is 13. The number of anilines is 1. The van der Waals surface area contributed by atoms with E-state index >= 15 is 0 Å². The first-order chi connectivity index (χ1) is 19.1. The monoisotopic (exact) mass is 568 g/mol. The Morgan fingerprint density at radius 2 is 1.73 bits per heavy atom. The molecule has 0 aliphatic heterocycles. The van der Waals surface area contributed by atoms with Crippen LogP contribution < -0.4 is 14.4 Å². The lowest BCUT2D eigenvalue weighted by atomic mass is 10.1. The van der Waals surface area contributed by atoms with Gasteiger partial charge in [0, 0.05) is 25.2 Å². The molecule has 40 heavy (non-hydrogen) atoms. The molecule has 12 heteroatoms. The molecular formula is C28H32N4O7S. The first kappa shape index (κ1) is 30.1. The number of nitrogens with zero attached hydrogens (tertiary/aromatic N) is 3. The van der Waals surface area contributed by atoms with Crippen LogP contribution in [0.25, 0.3) is 0 Å². The molecule has 1 N–H and O–H groups in total. The van der Waals surface area contributed by atoms with E-state index in [-0.39, 0.29) is 22.8 Å². The minimum Gasteiger partial charge on any atom is -0.497 e. The first-order valence-corrected chi connectivity index (χ1v) is 14.0. The molecule has 3 rings (SSSR count). The van der Waals surface area contributed by atoms with Gasteiger partial charge in [0.25, 0.3) is 15.7 Å². The van der Waals surface area contributed by atoms with Gasteiger partial charge in [-0.15, -0.1) is 0 Å². The quantitative estimate of drug-likeness (QED) is 0.245. The zero-order valence-electron chi connectivity index (χ0n) is 22.5. The molecule has 0 radical (unpaired) electrons. The van der Waals surface area contributed by atoms with E-state index in [2.05, 4.69) is 5.32 Å². The first-order valence-electron chi connectivity index (χ1n) is 12.6. The number of benzene rings is 3. The summed E-state index contributed by atoms with van der Waals surface area (Å²) in [4.78, 5) is 38.8. The van der Waals surface area contributed by atoms with Crippen LogP contribution in [-0.4, -0.2) is 56.3 Å². The van der Waals surface area contributed by atoms with E-state index in [4.69, 9.17) is 4.74 Å². The van der Waals surface area contributed by atoms with Gasteiger partial charge in [-0.3, -0.25) is 24.0 Å². The van der Waals surface area contributed by atoms with Crippen molar-refractivity contribution < 1.29 is 27.7 Å². The predicted octanol–water partition coefficient (Wildman–Crippen LogP) is 3.74. The van der Waals surface area contributed by atoms with E-state index in [0.29, 0.717) is 24.3 Å². The Morgan fingerprint density at radius 3 is 2.38 bits per heavy atom.